The second-order valence-electron chi connectivity index (χ2n) is 11.7. The first-order chi connectivity index (χ1) is 20.9. The summed E-state index contributed by atoms with van der Waals surface area (Å²) in [4.78, 5) is 39.6. The number of hydrogen-bond donors (Lipinski definition) is 4. The summed E-state index contributed by atoms with van der Waals surface area (Å²) in [6.45, 7) is 3.11. The number of ketones is 3. The van der Waals surface area contributed by atoms with Crippen molar-refractivity contribution >= 4 is 17.3 Å². The van der Waals surface area contributed by atoms with E-state index in [4.69, 9.17) is 19.9 Å². The Morgan fingerprint density at radius 3 is 2.25 bits per heavy atom. The number of fused-ring (bicyclic) bond motifs is 3. The third-order valence-electron chi connectivity index (χ3n) is 8.82. The fraction of sp³-hybridized carbons (Fsp3) is 0.364. The zero-order valence-corrected chi connectivity index (χ0v) is 24.1. The van der Waals surface area contributed by atoms with Crippen molar-refractivity contribution in [2.45, 2.75) is 76.0 Å². The van der Waals surface area contributed by atoms with E-state index < -0.39 is 71.5 Å². The molecule has 0 radical (unpaired) electrons. The minimum atomic E-state index is -2.00. The standard InChI is InChI=1S/C33H32FNO9/c1-15-32(42-14-17-7-9-18(34)10-8-17)22(35)11-24(43-15)44-23-13-33(41,16(2)36)12-21-25(23)31(40)27-26(30(21)39)28(37)19-5-3-4-6-20(19)29(27)38/h3-10,15,22-24,32,39-41H,11-14,35H2,1-2H3/t15-,22-,23-,24-,32+,33-/m0/s1. The topological polar surface area (TPSA) is 166 Å². The summed E-state index contributed by atoms with van der Waals surface area (Å²) >= 11 is 0. The number of ether oxygens (including phenoxy) is 3. The SMILES string of the molecule is CC(=O)[C@]1(O)Cc2c(O)c3c(c(O)c2[C@@H](O[C@H]2C[C@H](N)[C@H](OCc4ccc(F)cc4)[C@H](C)O2)C1)C(=O)c1ccccc1C3=O. The van der Waals surface area contributed by atoms with Gasteiger partial charge in [0.1, 0.15) is 22.9 Å². The summed E-state index contributed by atoms with van der Waals surface area (Å²) in [5, 5.41) is 34.3. The van der Waals surface area contributed by atoms with Crippen LogP contribution in [0.4, 0.5) is 4.39 Å². The lowest BCUT2D eigenvalue weighted by Gasteiger charge is -2.43. The maximum atomic E-state index is 13.5. The molecule has 0 amide bonds. The second-order valence-corrected chi connectivity index (χ2v) is 11.7. The second kappa shape index (κ2) is 11.2. The molecule has 3 aromatic rings. The van der Waals surface area contributed by atoms with E-state index in [0.29, 0.717) is 0 Å². The summed E-state index contributed by atoms with van der Waals surface area (Å²) in [6.07, 6.45) is -3.90. The zero-order chi connectivity index (χ0) is 31.5. The van der Waals surface area contributed by atoms with Crippen molar-refractivity contribution in [1.82, 2.24) is 0 Å². The van der Waals surface area contributed by atoms with Crippen LogP contribution in [-0.2, 0) is 32.0 Å². The molecule has 1 saturated heterocycles. The highest BCUT2D eigenvalue weighted by atomic mass is 19.1. The Balaban J connectivity index is 1.31. The molecule has 5 N–H and O–H groups in total. The molecule has 44 heavy (non-hydrogen) atoms. The van der Waals surface area contributed by atoms with Crippen LogP contribution in [0.3, 0.4) is 0 Å². The average molecular weight is 606 g/mol. The van der Waals surface area contributed by atoms with Gasteiger partial charge in [-0.05, 0) is 31.5 Å². The van der Waals surface area contributed by atoms with Crippen LogP contribution >= 0.6 is 0 Å². The number of halogens is 1. The smallest absolute Gasteiger partial charge is 0.198 e. The van der Waals surface area contributed by atoms with Crippen LogP contribution in [0.25, 0.3) is 0 Å². The van der Waals surface area contributed by atoms with Gasteiger partial charge < -0.3 is 35.3 Å². The number of phenolic OH excluding ortho intramolecular Hbond substituents is 2. The summed E-state index contributed by atoms with van der Waals surface area (Å²) in [6, 6.07) is 11.4. The van der Waals surface area contributed by atoms with E-state index in [1.165, 1.54) is 31.2 Å². The van der Waals surface area contributed by atoms with Crippen LogP contribution in [-0.4, -0.2) is 62.8 Å². The van der Waals surface area contributed by atoms with Crippen molar-refractivity contribution in [2.75, 3.05) is 0 Å². The molecular weight excluding hydrogens is 573 g/mol. The van der Waals surface area contributed by atoms with Crippen molar-refractivity contribution < 1.29 is 48.3 Å². The van der Waals surface area contributed by atoms with Gasteiger partial charge in [-0.3, -0.25) is 14.4 Å². The Kier molecular flexibility index (Phi) is 7.63. The maximum absolute atomic E-state index is 13.5. The summed E-state index contributed by atoms with van der Waals surface area (Å²) in [5.74, 6) is -3.45. The van der Waals surface area contributed by atoms with Gasteiger partial charge in [0.25, 0.3) is 0 Å². The van der Waals surface area contributed by atoms with Crippen LogP contribution < -0.4 is 5.73 Å². The first-order valence-corrected chi connectivity index (χ1v) is 14.3. The third-order valence-corrected chi connectivity index (χ3v) is 8.82. The molecule has 6 atom stereocenters. The lowest BCUT2D eigenvalue weighted by molar-refractivity contribution is -0.254. The normalized spacial score (nSPS) is 27.8. The monoisotopic (exact) mass is 605 g/mol. The number of Topliss-reactive ketones (excluding diaryl/α,β-unsaturated/α-hetero) is 1. The number of nitrogens with two attached hydrogens (primary N) is 1. The fourth-order valence-electron chi connectivity index (χ4n) is 6.45. The summed E-state index contributed by atoms with van der Waals surface area (Å²) < 4.78 is 31.6. The number of phenols is 2. The molecule has 0 aromatic heterocycles. The molecule has 0 spiro atoms. The largest absolute Gasteiger partial charge is 0.507 e. The van der Waals surface area contributed by atoms with E-state index in [-0.39, 0.29) is 58.6 Å². The van der Waals surface area contributed by atoms with Gasteiger partial charge in [-0.1, -0.05) is 36.4 Å². The number of benzene rings is 3. The predicted octanol–water partition coefficient (Wildman–Crippen LogP) is 3.38. The average Bonchev–Trinajstić information content (AvgIpc) is 2.98. The van der Waals surface area contributed by atoms with Crippen LogP contribution in [0.5, 0.6) is 11.5 Å². The maximum Gasteiger partial charge on any atom is 0.198 e. The number of carbonyl (C=O) groups excluding carboxylic acids is 3. The van der Waals surface area contributed by atoms with Crippen molar-refractivity contribution in [1.29, 1.82) is 0 Å². The first kappa shape index (κ1) is 30.0. The number of carbonyl (C=O) groups is 3. The highest BCUT2D eigenvalue weighted by Crippen LogP contribution is 2.52. The molecule has 10 nitrogen and oxygen atoms in total. The van der Waals surface area contributed by atoms with Gasteiger partial charge in [0, 0.05) is 47.6 Å². The minimum absolute atomic E-state index is 0.00721. The highest BCUT2D eigenvalue weighted by molar-refractivity contribution is 6.30. The molecular formula is C33H32FNO9. The Labute approximate surface area is 252 Å². The van der Waals surface area contributed by atoms with Gasteiger partial charge in [0.2, 0.25) is 0 Å². The van der Waals surface area contributed by atoms with Gasteiger partial charge in [0.05, 0.1) is 36.0 Å². The number of rotatable bonds is 6. The Morgan fingerprint density at radius 1 is 1.05 bits per heavy atom. The van der Waals surface area contributed by atoms with Crippen molar-refractivity contribution in [3.05, 3.63) is 93.3 Å². The first-order valence-electron chi connectivity index (χ1n) is 14.3. The van der Waals surface area contributed by atoms with E-state index in [1.54, 1.807) is 31.2 Å². The molecule has 1 fully saturated rings. The summed E-state index contributed by atoms with van der Waals surface area (Å²) in [5.41, 5.74) is 4.53. The van der Waals surface area contributed by atoms with Gasteiger partial charge in [-0.15, -0.1) is 0 Å². The van der Waals surface area contributed by atoms with E-state index in [9.17, 15) is 34.1 Å². The summed E-state index contributed by atoms with van der Waals surface area (Å²) in [7, 11) is 0. The number of aromatic hydroxyl groups is 2. The molecule has 3 aromatic carbocycles. The van der Waals surface area contributed by atoms with Crippen LogP contribution in [0, 0.1) is 5.82 Å². The van der Waals surface area contributed by atoms with Crippen molar-refractivity contribution in [3.8, 4) is 11.5 Å². The quantitative estimate of drug-likeness (QED) is 0.239. The Hall–Kier alpha value is -4.00. The molecule has 230 valence electrons. The minimum Gasteiger partial charge on any atom is -0.507 e. The fourth-order valence-corrected chi connectivity index (χ4v) is 6.45. The van der Waals surface area contributed by atoms with E-state index in [1.807, 2.05) is 0 Å². The molecule has 6 rings (SSSR count). The Bertz CT molecular complexity index is 1660. The molecule has 0 saturated carbocycles. The van der Waals surface area contributed by atoms with Crippen LogP contribution in [0.2, 0.25) is 0 Å². The third kappa shape index (κ3) is 5.00. The molecule has 1 heterocycles. The highest BCUT2D eigenvalue weighted by Gasteiger charge is 2.49. The van der Waals surface area contributed by atoms with E-state index >= 15 is 0 Å². The van der Waals surface area contributed by atoms with Gasteiger partial charge in [0.15, 0.2) is 23.6 Å². The molecule has 0 bridgehead atoms. The van der Waals surface area contributed by atoms with Gasteiger partial charge in [-0.2, -0.15) is 0 Å². The lowest BCUT2D eigenvalue weighted by atomic mass is 9.72. The molecule has 1 aliphatic heterocycles. The van der Waals surface area contributed by atoms with Crippen molar-refractivity contribution in [3.63, 3.8) is 0 Å². The van der Waals surface area contributed by atoms with Crippen LogP contribution in [0.1, 0.15) is 81.3 Å². The zero-order valence-electron chi connectivity index (χ0n) is 24.1. The number of hydrogen-bond acceptors (Lipinski definition) is 10. The van der Waals surface area contributed by atoms with E-state index in [2.05, 4.69) is 0 Å². The Morgan fingerprint density at radius 2 is 1.66 bits per heavy atom. The number of aliphatic hydroxyl groups is 1. The molecule has 2 aliphatic carbocycles. The predicted molar refractivity (Wildman–Crippen MR) is 153 cm³/mol. The van der Waals surface area contributed by atoms with Crippen molar-refractivity contribution in [2.24, 2.45) is 5.73 Å². The van der Waals surface area contributed by atoms with Gasteiger partial charge in [-0.25, -0.2) is 4.39 Å². The lowest BCUT2D eigenvalue weighted by Crippen LogP contribution is -2.53. The molecule has 11 heteroatoms. The van der Waals surface area contributed by atoms with Crippen LogP contribution in [0.15, 0.2) is 48.5 Å². The molecule has 0 unspecified atom stereocenters. The molecule has 3 aliphatic rings. The van der Waals surface area contributed by atoms with Gasteiger partial charge >= 0.3 is 0 Å². The van der Waals surface area contributed by atoms with E-state index in [0.717, 1.165) is 5.56 Å².